The molecule has 1 heterocycles. The number of hydrogen-bond acceptors (Lipinski definition) is 3. The highest BCUT2D eigenvalue weighted by Crippen LogP contribution is 2.37. The molecule has 4 heteroatoms. The maximum absolute atomic E-state index is 12.7. The predicted octanol–water partition coefficient (Wildman–Crippen LogP) is 4.80. The smallest absolute Gasteiger partial charge is 0.251 e. The summed E-state index contributed by atoms with van der Waals surface area (Å²) in [6, 6.07) is 7.81. The number of allylic oxidation sites excluding steroid dienone is 4. The van der Waals surface area contributed by atoms with Crippen molar-refractivity contribution in [1.29, 1.82) is 5.26 Å². The molecule has 1 fully saturated rings. The van der Waals surface area contributed by atoms with Crippen LogP contribution in [0, 0.1) is 17.2 Å². The first-order valence-corrected chi connectivity index (χ1v) is 10.1. The Hall–Kier alpha value is -2.64. The molecule has 146 valence electrons. The van der Waals surface area contributed by atoms with Gasteiger partial charge in [-0.05, 0) is 66.5 Å². The number of carbonyl (C=O) groups is 1. The van der Waals surface area contributed by atoms with Crippen LogP contribution in [0.5, 0.6) is 0 Å². The van der Waals surface area contributed by atoms with Gasteiger partial charge in [0.05, 0.1) is 25.2 Å². The minimum atomic E-state index is -0.308. The third-order valence-corrected chi connectivity index (χ3v) is 5.16. The van der Waals surface area contributed by atoms with Gasteiger partial charge in [0.2, 0.25) is 0 Å². The average Bonchev–Trinajstić information content (AvgIpc) is 3.56. The van der Waals surface area contributed by atoms with E-state index < -0.39 is 0 Å². The standard InChI is InChI=1S/C24H28N2O2/c1-3-5-17(11-19(6-4-2)18-7-8-18)14-26-24(27)20-9-10-21-15-28-16-22(13-25)23(21)12-20/h4-6,9-12,18,22H,3,7-8,14-16H2,1-2H3,(H,26,27)/b6-4-,17-5-,19-11+. The van der Waals surface area contributed by atoms with Crippen LogP contribution in [0.3, 0.4) is 0 Å². The van der Waals surface area contributed by atoms with Crippen LogP contribution in [0.25, 0.3) is 0 Å². The lowest BCUT2D eigenvalue weighted by atomic mass is 9.92. The fraction of sp³-hybridized carbons (Fsp3) is 0.417. The molecule has 1 aromatic carbocycles. The van der Waals surface area contributed by atoms with Crippen molar-refractivity contribution in [2.24, 2.45) is 5.92 Å². The van der Waals surface area contributed by atoms with Gasteiger partial charge in [-0.1, -0.05) is 37.3 Å². The quantitative estimate of drug-likeness (QED) is 0.695. The summed E-state index contributed by atoms with van der Waals surface area (Å²) in [5.41, 5.74) is 4.98. The van der Waals surface area contributed by atoms with Gasteiger partial charge < -0.3 is 10.1 Å². The van der Waals surface area contributed by atoms with E-state index in [0.29, 0.717) is 31.2 Å². The topological polar surface area (TPSA) is 62.1 Å². The molecule has 0 aromatic heterocycles. The predicted molar refractivity (Wildman–Crippen MR) is 111 cm³/mol. The number of fused-ring (bicyclic) bond motifs is 1. The van der Waals surface area contributed by atoms with E-state index in [1.165, 1.54) is 18.4 Å². The molecule has 1 amide bonds. The molecular weight excluding hydrogens is 348 g/mol. The lowest BCUT2D eigenvalue weighted by Gasteiger charge is -2.21. The molecule has 0 spiro atoms. The molecule has 0 radical (unpaired) electrons. The maximum Gasteiger partial charge on any atom is 0.251 e. The lowest BCUT2D eigenvalue weighted by Crippen LogP contribution is -2.26. The summed E-state index contributed by atoms with van der Waals surface area (Å²) in [5, 5.41) is 12.4. The number of amides is 1. The zero-order chi connectivity index (χ0) is 19.9. The summed E-state index contributed by atoms with van der Waals surface area (Å²) >= 11 is 0. The van der Waals surface area contributed by atoms with Crippen molar-refractivity contribution in [3.05, 3.63) is 70.3 Å². The lowest BCUT2D eigenvalue weighted by molar-refractivity contribution is 0.0952. The van der Waals surface area contributed by atoms with Gasteiger partial charge in [0.15, 0.2) is 0 Å². The van der Waals surface area contributed by atoms with Crippen LogP contribution in [0.4, 0.5) is 0 Å². The van der Waals surface area contributed by atoms with Crippen molar-refractivity contribution in [1.82, 2.24) is 5.32 Å². The SMILES string of the molecule is C\C=C/C(=C\C(=C\CC)CNC(=O)c1ccc2c(c1)C(C#N)COC2)C1CC1. The molecule has 1 aromatic rings. The molecule has 1 N–H and O–H groups in total. The van der Waals surface area contributed by atoms with Crippen LogP contribution in [0.15, 0.2) is 53.6 Å². The van der Waals surface area contributed by atoms with Gasteiger partial charge in [-0.3, -0.25) is 4.79 Å². The van der Waals surface area contributed by atoms with E-state index in [1.807, 2.05) is 25.1 Å². The Kier molecular flexibility index (Phi) is 6.84. The molecule has 1 aliphatic heterocycles. The second-order valence-electron chi connectivity index (χ2n) is 7.40. The van der Waals surface area contributed by atoms with Crippen LogP contribution in [0.2, 0.25) is 0 Å². The molecule has 0 saturated heterocycles. The minimum Gasteiger partial charge on any atom is -0.375 e. The van der Waals surface area contributed by atoms with Crippen molar-refractivity contribution >= 4 is 5.91 Å². The van der Waals surface area contributed by atoms with Crippen molar-refractivity contribution in [2.45, 2.75) is 45.6 Å². The molecule has 28 heavy (non-hydrogen) atoms. The van der Waals surface area contributed by atoms with Crippen LogP contribution >= 0.6 is 0 Å². The molecular formula is C24H28N2O2. The number of carbonyl (C=O) groups excluding carboxylic acids is 1. The number of nitriles is 1. The van der Waals surface area contributed by atoms with Crippen LogP contribution in [-0.2, 0) is 11.3 Å². The highest BCUT2D eigenvalue weighted by molar-refractivity contribution is 5.94. The van der Waals surface area contributed by atoms with Gasteiger partial charge in [-0.15, -0.1) is 0 Å². The van der Waals surface area contributed by atoms with Gasteiger partial charge in [-0.25, -0.2) is 0 Å². The van der Waals surface area contributed by atoms with E-state index in [4.69, 9.17) is 4.74 Å². The first-order chi connectivity index (χ1) is 13.7. The summed E-state index contributed by atoms with van der Waals surface area (Å²) in [7, 11) is 0. The van der Waals surface area contributed by atoms with E-state index in [9.17, 15) is 10.1 Å². The maximum atomic E-state index is 12.7. The normalized spacial score (nSPS) is 20.0. The Bertz CT molecular complexity index is 854. The van der Waals surface area contributed by atoms with Gasteiger partial charge >= 0.3 is 0 Å². The molecule has 1 unspecified atom stereocenters. The fourth-order valence-electron chi connectivity index (χ4n) is 3.53. The highest BCUT2D eigenvalue weighted by atomic mass is 16.5. The van der Waals surface area contributed by atoms with E-state index in [0.717, 1.165) is 23.1 Å². The highest BCUT2D eigenvalue weighted by Gasteiger charge is 2.24. The van der Waals surface area contributed by atoms with Gasteiger partial charge in [0.1, 0.15) is 0 Å². The Morgan fingerprint density at radius 1 is 1.39 bits per heavy atom. The monoisotopic (exact) mass is 376 g/mol. The molecule has 4 nitrogen and oxygen atoms in total. The van der Waals surface area contributed by atoms with Gasteiger partial charge in [0, 0.05) is 12.1 Å². The molecule has 1 aliphatic carbocycles. The van der Waals surface area contributed by atoms with Crippen molar-refractivity contribution in [3.63, 3.8) is 0 Å². The summed E-state index contributed by atoms with van der Waals surface area (Å²) < 4.78 is 5.44. The third kappa shape index (κ3) is 4.99. The molecule has 1 atom stereocenters. The molecule has 0 bridgehead atoms. The van der Waals surface area contributed by atoms with Gasteiger partial charge in [0.25, 0.3) is 5.91 Å². The largest absolute Gasteiger partial charge is 0.375 e. The van der Waals surface area contributed by atoms with E-state index in [-0.39, 0.29) is 11.8 Å². The van der Waals surface area contributed by atoms with E-state index in [2.05, 4.69) is 42.6 Å². The van der Waals surface area contributed by atoms with Crippen molar-refractivity contribution in [3.8, 4) is 6.07 Å². The zero-order valence-corrected chi connectivity index (χ0v) is 16.7. The average molecular weight is 377 g/mol. The van der Waals surface area contributed by atoms with E-state index >= 15 is 0 Å². The Morgan fingerprint density at radius 2 is 2.21 bits per heavy atom. The van der Waals surface area contributed by atoms with Gasteiger partial charge in [-0.2, -0.15) is 5.26 Å². The van der Waals surface area contributed by atoms with Crippen LogP contribution < -0.4 is 5.32 Å². The summed E-state index contributed by atoms with van der Waals surface area (Å²) in [4.78, 5) is 12.7. The zero-order valence-electron chi connectivity index (χ0n) is 16.7. The summed E-state index contributed by atoms with van der Waals surface area (Å²) in [5.74, 6) is 0.246. The summed E-state index contributed by atoms with van der Waals surface area (Å²) in [6.07, 6.45) is 12.1. The number of nitrogens with zero attached hydrogens (tertiary/aromatic N) is 1. The number of benzene rings is 1. The Morgan fingerprint density at radius 3 is 2.89 bits per heavy atom. The first kappa shape index (κ1) is 20.1. The fourth-order valence-corrected chi connectivity index (χ4v) is 3.53. The molecule has 3 rings (SSSR count). The van der Waals surface area contributed by atoms with Crippen LogP contribution in [-0.4, -0.2) is 19.1 Å². The Balaban J connectivity index is 1.71. The number of ether oxygens (including phenoxy) is 1. The van der Waals surface area contributed by atoms with E-state index in [1.54, 1.807) is 0 Å². The second-order valence-corrected chi connectivity index (χ2v) is 7.40. The number of nitrogens with one attached hydrogen (secondary N) is 1. The third-order valence-electron chi connectivity index (χ3n) is 5.16. The van der Waals surface area contributed by atoms with Crippen molar-refractivity contribution in [2.75, 3.05) is 13.2 Å². The second kappa shape index (κ2) is 9.52. The Labute approximate surface area is 167 Å². The first-order valence-electron chi connectivity index (χ1n) is 10.1. The minimum absolute atomic E-state index is 0.111. The summed E-state index contributed by atoms with van der Waals surface area (Å²) in [6.45, 7) is 5.53. The molecule has 1 saturated carbocycles. The van der Waals surface area contributed by atoms with Crippen molar-refractivity contribution < 1.29 is 9.53 Å². The number of rotatable bonds is 7. The van der Waals surface area contributed by atoms with Crippen LogP contribution in [0.1, 0.15) is 60.5 Å². The molecule has 2 aliphatic rings. The number of hydrogen-bond donors (Lipinski definition) is 1.